The summed E-state index contributed by atoms with van der Waals surface area (Å²) in [5.74, 6) is 0. The summed E-state index contributed by atoms with van der Waals surface area (Å²) in [5, 5.41) is 0. The maximum atomic E-state index is 9.46. The Labute approximate surface area is 127 Å². The molecule has 2 aliphatic carbocycles. The molecule has 0 bridgehead atoms. The van der Waals surface area contributed by atoms with E-state index in [0.29, 0.717) is 12.8 Å². The van der Waals surface area contributed by atoms with Crippen molar-refractivity contribution in [3.05, 3.63) is 43.0 Å². The molecule has 0 aromatic rings. The number of hydrogen-bond acceptors (Lipinski definition) is 2. The third-order valence-corrected chi connectivity index (χ3v) is 7.19. The van der Waals surface area contributed by atoms with Crippen LogP contribution in [0.2, 0.25) is 0 Å². The minimum absolute atomic E-state index is 0.312. The van der Waals surface area contributed by atoms with Gasteiger partial charge < -0.3 is 0 Å². The molecule has 0 spiro atoms. The number of carbonyl (C=O) groups excluding carboxylic acids is 2. The van der Waals surface area contributed by atoms with Gasteiger partial charge in [-0.1, -0.05) is 0 Å². The van der Waals surface area contributed by atoms with Crippen molar-refractivity contribution in [1.29, 1.82) is 0 Å². The monoisotopic (exact) mass is 378 g/mol. The molecule has 6 heteroatoms. The van der Waals surface area contributed by atoms with Crippen molar-refractivity contribution >= 4 is 30.7 Å². The van der Waals surface area contributed by atoms with Crippen molar-refractivity contribution < 1.29 is 32.8 Å². The fourth-order valence-corrected chi connectivity index (χ4v) is 5.00. The van der Waals surface area contributed by atoms with Gasteiger partial charge in [0.05, 0.1) is 0 Å². The van der Waals surface area contributed by atoms with Gasteiger partial charge in [0.25, 0.3) is 0 Å². The quantitative estimate of drug-likeness (QED) is 0.401. The van der Waals surface area contributed by atoms with Crippen LogP contribution >= 0.6 is 0 Å². The second-order valence-electron chi connectivity index (χ2n) is 3.59. The molecule has 0 unspecified atom stereocenters. The number of carbonyl (C=O) groups is 2. The minimum atomic E-state index is -1.18. The number of nitrogens with one attached hydrogen (secondary N) is 2. The molecular formula is C12H15GaN2O2Zr. The molecule has 2 rings (SSSR count). The van der Waals surface area contributed by atoms with E-state index in [0.717, 1.165) is 0 Å². The van der Waals surface area contributed by atoms with Crippen LogP contribution in [-0.2, 0) is 32.8 Å². The second-order valence-corrected chi connectivity index (χ2v) is 9.82. The first-order valence-electron chi connectivity index (χ1n) is 5.69. The fourth-order valence-electron chi connectivity index (χ4n) is 1.43. The van der Waals surface area contributed by atoms with Gasteiger partial charge >= 0.3 is 127 Å². The summed E-state index contributed by atoms with van der Waals surface area (Å²) >= 11 is -1.50. The van der Waals surface area contributed by atoms with Gasteiger partial charge in [-0.05, 0) is 0 Å². The van der Waals surface area contributed by atoms with Gasteiger partial charge in [-0.3, -0.25) is 0 Å². The Kier molecular flexibility index (Phi) is 8.90. The zero-order chi connectivity index (χ0) is 13.1. The van der Waals surface area contributed by atoms with Crippen LogP contribution in [0, 0.1) is 0 Å². The van der Waals surface area contributed by atoms with Gasteiger partial charge in [0.2, 0.25) is 0 Å². The molecule has 0 aromatic carbocycles. The van der Waals surface area contributed by atoms with E-state index in [9.17, 15) is 9.59 Å². The molecule has 0 fully saturated rings. The van der Waals surface area contributed by atoms with E-state index in [4.69, 9.17) is 0 Å². The molecule has 2 amide bonds. The third-order valence-electron chi connectivity index (χ3n) is 2.23. The first-order chi connectivity index (χ1) is 8.86. The van der Waals surface area contributed by atoms with Crippen LogP contribution < -0.4 is 8.05 Å². The van der Waals surface area contributed by atoms with E-state index in [2.05, 4.69) is 44.5 Å². The Morgan fingerprint density at radius 3 is 1.83 bits per heavy atom. The Morgan fingerprint density at radius 2 is 1.50 bits per heavy atom. The van der Waals surface area contributed by atoms with Crippen molar-refractivity contribution in [2.45, 2.75) is 12.8 Å². The van der Waals surface area contributed by atoms with E-state index in [1.807, 2.05) is 0 Å². The van der Waals surface area contributed by atoms with Crippen LogP contribution in [-0.4, -0.2) is 30.7 Å². The summed E-state index contributed by atoms with van der Waals surface area (Å²) in [6.45, 7) is 0. The zero-order valence-electron chi connectivity index (χ0n) is 10.1. The van der Waals surface area contributed by atoms with Gasteiger partial charge in [0, 0.05) is 0 Å². The molecule has 0 saturated carbocycles. The standard InChI is InChI=1S/2C5H5.2CH3NO.Ga.Zr.H/c2*1-2-4-5-3-1;2*2-1-3;;;/h2*1-3H,4H2;2*1H,(H2,2,3);;;/q;;;;+2;;/p-2. The molecule has 2 aliphatic rings. The van der Waals surface area contributed by atoms with E-state index in [1.54, 1.807) is 6.56 Å². The molecule has 2 N–H and O–H groups in total. The van der Waals surface area contributed by atoms with Crippen LogP contribution in [0.5, 0.6) is 0 Å². The number of allylic oxidation sites excluding steroid dienone is 8. The van der Waals surface area contributed by atoms with Crippen LogP contribution in [0.1, 0.15) is 12.8 Å². The average molecular weight is 380 g/mol. The summed E-state index contributed by atoms with van der Waals surface area (Å²) in [6, 6.07) is 0. The SMILES string of the molecule is C1=CC[C]([Zr][C]2=CC=CC2)=C1.O=C[NH][GaH][NH]C=O. The second kappa shape index (κ2) is 10.4. The molecule has 0 aliphatic heterocycles. The third kappa shape index (κ3) is 6.99. The van der Waals surface area contributed by atoms with Gasteiger partial charge in [-0.2, -0.15) is 0 Å². The Bertz CT molecular complexity index is 367. The summed E-state index contributed by atoms with van der Waals surface area (Å²) in [5.41, 5.74) is 0. The van der Waals surface area contributed by atoms with Crippen molar-refractivity contribution in [3.63, 3.8) is 0 Å². The number of amides is 2. The van der Waals surface area contributed by atoms with Crippen molar-refractivity contribution in [1.82, 2.24) is 8.05 Å². The Hall–Kier alpha value is -0.581. The molecule has 4 nitrogen and oxygen atoms in total. The van der Waals surface area contributed by atoms with Crippen molar-refractivity contribution in [2.24, 2.45) is 0 Å². The molecule has 0 aromatic heterocycles. The van der Waals surface area contributed by atoms with Gasteiger partial charge in [-0.25, -0.2) is 0 Å². The predicted molar refractivity (Wildman–Crippen MR) is 69.2 cm³/mol. The van der Waals surface area contributed by atoms with E-state index in [1.165, 1.54) is 12.8 Å². The summed E-state index contributed by atoms with van der Waals surface area (Å²) in [4.78, 5) is 18.9. The maximum absolute atomic E-state index is 9.46. The van der Waals surface area contributed by atoms with Crippen molar-refractivity contribution in [3.8, 4) is 0 Å². The molecule has 0 radical (unpaired) electrons. The van der Waals surface area contributed by atoms with Crippen LogP contribution in [0.4, 0.5) is 0 Å². The molecule has 92 valence electrons. The first-order valence-corrected chi connectivity index (χ1v) is 11.1. The average Bonchev–Trinajstić information content (AvgIpc) is 3.05. The fraction of sp³-hybridized carbons (Fsp3) is 0.167. The van der Waals surface area contributed by atoms with E-state index in [-0.39, 0.29) is 23.2 Å². The topological polar surface area (TPSA) is 58.2 Å². The zero-order valence-corrected chi connectivity index (χ0v) is 15.5. The predicted octanol–water partition coefficient (Wildman–Crippen LogP) is 0.501. The van der Waals surface area contributed by atoms with Crippen LogP contribution in [0.3, 0.4) is 0 Å². The van der Waals surface area contributed by atoms with Gasteiger partial charge in [0.15, 0.2) is 0 Å². The van der Waals surface area contributed by atoms with E-state index < -0.39 is 17.9 Å². The molecule has 0 atom stereocenters. The Morgan fingerprint density at radius 1 is 1.00 bits per heavy atom. The molecular weight excluding hydrogens is 365 g/mol. The molecule has 0 saturated heterocycles. The summed E-state index contributed by atoms with van der Waals surface area (Å²) < 4.78 is 8.28. The normalized spacial score (nSPS) is 14.9. The van der Waals surface area contributed by atoms with Gasteiger partial charge in [0.1, 0.15) is 0 Å². The summed E-state index contributed by atoms with van der Waals surface area (Å²) in [7, 11) is 0. The van der Waals surface area contributed by atoms with Crippen LogP contribution in [0.25, 0.3) is 0 Å². The number of hydrogen-bond donors (Lipinski definition) is 2. The number of rotatable bonds is 6. The van der Waals surface area contributed by atoms with Crippen LogP contribution in [0.15, 0.2) is 43.0 Å². The molecule has 18 heavy (non-hydrogen) atoms. The Balaban J connectivity index is 0.000000203. The first kappa shape index (κ1) is 15.5. The van der Waals surface area contributed by atoms with E-state index >= 15 is 0 Å². The van der Waals surface area contributed by atoms with Gasteiger partial charge in [-0.15, -0.1) is 0 Å². The summed E-state index contributed by atoms with van der Waals surface area (Å²) in [6.07, 6.45) is 17.2. The molecule has 0 heterocycles. The van der Waals surface area contributed by atoms with Crippen molar-refractivity contribution in [2.75, 3.05) is 0 Å².